The zero-order valence-electron chi connectivity index (χ0n) is 29.3. The Morgan fingerprint density at radius 2 is 1.27 bits per heavy atom. The first kappa shape index (κ1) is 57.4. The quantitative estimate of drug-likeness (QED) is 0.0207. The molecule has 3 atom stereocenters. The van der Waals surface area contributed by atoms with E-state index >= 15 is 0 Å². The van der Waals surface area contributed by atoms with Gasteiger partial charge in [-0.15, -0.1) is 5.06 Å². The average molecular weight is 845 g/mol. The van der Waals surface area contributed by atoms with Crippen LogP contribution in [0.5, 0.6) is 0 Å². The van der Waals surface area contributed by atoms with Gasteiger partial charge in [-0.25, -0.2) is 28.2 Å². The molecule has 0 aromatic rings. The normalized spacial score (nSPS) is 16.8. The number of hydrogen-bond donors (Lipinski definition) is 3. The van der Waals surface area contributed by atoms with E-state index in [0.29, 0.717) is 48.9 Å². The van der Waals surface area contributed by atoms with Crippen molar-refractivity contribution in [1.29, 1.82) is 0 Å². The van der Waals surface area contributed by atoms with Gasteiger partial charge < -0.3 is 48.2 Å². The summed E-state index contributed by atoms with van der Waals surface area (Å²) in [6.45, 7) is 0. The average Bonchev–Trinajstić information content (AvgIpc) is 3.44. The maximum Gasteiger partial charge on any atom is 1.00 e. The molecule has 0 saturated carbocycles. The summed E-state index contributed by atoms with van der Waals surface area (Å²) in [5.74, 6) is -4.72. The number of amides is 5. The Hall–Kier alpha value is -1.28. The number of ether oxygens (including phenoxy) is 2. The van der Waals surface area contributed by atoms with Gasteiger partial charge in [-0.3, -0.25) is 33.6 Å². The van der Waals surface area contributed by atoms with Crippen LogP contribution in [0.1, 0.15) is 89.9 Å². The molecule has 288 valence electrons. The molecular weight excluding hydrogens is 803 g/mol. The minimum Gasteiger partial charge on any atom is -1.00 e. The second kappa shape index (κ2) is 30.0. The molecule has 52 heavy (non-hydrogen) atoms. The fourth-order valence-corrected chi connectivity index (χ4v) is 5.22. The minimum absolute atomic E-state index is 0. The summed E-state index contributed by atoms with van der Waals surface area (Å²) in [6, 6.07) is 0. The van der Waals surface area contributed by atoms with E-state index in [1.807, 2.05) is 0 Å². The van der Waals surface area contributed by atoms with Crippen LogP contribution in [0.4, 0.5) is 0 Å². The van der Waals surface area contributed by atoms with E-state index in [1.165, 1.54) is 0 Å². The number of hydroxylamine groups is 2. The molecule has 2 aliphatic heterocycles. The van der Waals surface area contributed by atoms with Crippen molar-refractivity contribution in [2.45, 2.75) is 101 Å². The molecule has 0 radical (unpaired) electrons. The summed E-state index contributed by atoms with van der Waals surface area (Å²) >= 11 is -3.00. The first-order chi connectivity index (χ1) is 22.5. The molecule has 2 aliphatic rings. The molecule has 0 aromatic heterocycles. The van der Waals surface area contributed by atoms with Crippen LogP contribution in [0.3, 0.4) is 0 Å². The maximum atomic E-state index is 11.9. The zero-order valence-corrected chi connectivity index (χ0v) is 36.4. The number of carbonyl (C=O) groups is 6. The summed E-state index contributed by atoms with van der Waals surface area (Å²) in [5, 5.41) is 9.25. The Morgan fingerprint density at radius 1 is 0.808 bits per heavy atom. The van der Waals surface area contributed by atoms with E-state index in [9.17, 15) is 50.5 Å². The van der Waals surface area contributed by atoms with Crippen molar-refractivity contribution in [3.05, 3.63) is 0 Å². The molecule has 2 heterocycles. The minimum atomic E-state index is -5.05. The third kappa shape index (κ3) is 22.2. The molecule has 0 spiro atoms. The third-order valence-corrected chi connectivity index (χ3v) is 8.25. The summed E-state index contributed by atoms with van der Waals surface area (Å²) in [7, 11) is -1.88. The van der Waals surface area contributed by atoms with Gasteiger partial charge >= 0.3 is 76.9 Å². The van der Waals surface area contributed by atoms with Gasteiger partial charge in [0.1, 0.15) is 15.4 Å². The van der Waals surface area contributed by atoms with Gasteiger partial charge in [0.05, 0.1) is 51.3 Å². The summed E-state index contributed by atoms with van der Waals surface area (Å²) in [6.07, 6.45) is 3.94. The number of halogens is 2. The molecule has 2 saturated heterocycles. The fourth-order valence-electron chi connectivity index (χ4n) is 4.19. The maximum absolute atomic E-state index is 11.9. The van der Waals surface area contributed by atoms with Gasteiger partial charge in [-0.1, -0.05) is 25.7 Å². The number of carbonyl (C=O) groups excluding carboxylic acids is 6. The van der Waals surface area contributed by atoms with Crippen LogP contribution in [0.15, 0.2) is 0 Å². The topological polar surface area (TPSA) is 306 Å². The summed E-state index contributed by atoms with van der Waals surface area (Å²) in [4.78, 5) is 75.2. The summed E-state index contributed by atoms with van der Waals surface area (Å²) in [5.41, 5.74) is 2.09. The van der Waals surface area contributed by atoms with Gasteiger partial charge in [0.25, 0.3) is 23.6 Å². The van der Waals surface area contributed by atoms with Crippen LogP contribution in [-0.4, -0.2) is 105 Å². The molecular formula is C26H41Cl2N5Na2O15S2. The predicted molar refractivity (Wildman–Crippen MR) is 158 cm³/mol. The Labute approximate surface area is 360 Å². The van der Waals surface area contributed by atoms with Gasteiger partial charge in [0.15, 0.2) is 6.10 Å². The Kier molecular flexibility index (Phi) is 33.1. The number of imide groups is 2. The van der Waals surface area contributed by atoms with Crippen LogP contribution in [-0.2, 0) is 68.7 Å². The molecule has 0 bridgehead atoms. The molecule has 0 aromatic carbocycles. The van der Waals surface area contributed by atoms with Gasteiger partial charge in [0, 0.05) is 12.8 Å². The molecule has 20 nitrogen and oxygen atoms in total. The largest absolute Gasteiger partial charge is 1.00 e. The molecule has 0 aliphatic carbocycles. The number of unbranched alkanes of at least 4 members (excludes halogenated alkanes) is 6. The number of methoxy groups -OCH3 is 2. The van der Waals surface area contributed by atoms with E-state index in [-0.39, 0.29) is 102 Å². The first-order valence-electron chi connectivity index (χ1n) is 14.8. The smallest absolute Gasteiger partial charge is 1.00 e. The number of nitrogens with one attached hydrogen (secondary N) is 1. The Morgan fingerprint density at radius 3 is 1.73 bits per heavy atom. The standard InChI is InChI=1S/C17H23N3O13S2.C9H18N2O2.2ClH.2Na/c21-12(18-19-13(22)8-10(16(19)25)33-34(27)28)6-4-2-1-3-5-7-15(24)32-20-14(23)9-11(17(20)26)35(29,30)31;1-12-8(10)6-4-3-5-7-9(11)13-2;;;;/h10-11H,1-9H2,(H,18,21)(H,27,28)(H,29,30,31);10-11H,3-7H2,1-2H3;2*1H;;/q;;;;2*+1/p-2. The summed E-state index contributed by atoms with van der Waals surface area (Å²) < 4.78 is 67.8. The van der Waals surface area contributed by atoms with Crippen LogP contribution in [0.2, 0.25) is 0 Å². The van der Waals surface area contributed by atoms with Crippen LogP contribution in [0.25, 0.3) is 0 Å². The molecule has 5 N–H and O–H groups in total. The van der Waals surface area contributed by atoms with Gasteiger partial charge in [-0.2, -0.15) is 5.01 Å². The third-order valence-electron chi connectivity index (χ3n) is 6.80. The Bertz CT molecular complexity index is 1350. The van der Waals surface area contributed by atoms with Crippen molar-refractivity contribution in [2.75, 3.05) is 14.2 Å². The van der Waals surface area contributed by atoms with E-state index in [1.54, 1.807) is 14.2 Å². The molecule has 2 rings (SSSR count). The monoisotopic (exact) mass is 843 g/mol. The van der Waals surface area contributed by atoms with E-state index in [0.717, 1.165) is 32.1 Å². The van der Waals surface area contributed by atoms with Gasteiger partial charge in [-0.05, 0) is 25.7 Å². The Balaban J connectivity index is -0.000000582. The zero-order chi connectivity index (χ0) is 36.4. The van der Waals surface area contributed by atoms with Crippen LogP contribution >= 0.6 is 0 Å². The molecule has 2 fully saturated rings. The van der Waals surface area contributed by atoms with Gasteiger partial charge in [0.2, 0.25) is 5.91 Å². The predicted octanol–water partition coefficient (Wildman–Crippen LogP) is -15.6. The van der Waals surface area contributed by atoms with Crippen molar-refractivity contribution in [2.24, 2.45) is 0 Å². The SMILES string of the molecule is COC(=[NH2+])CCCCCC(=[NH2+])OC.O=C(CCCCCCCC(=O)ON1C(=O)CC(S(=O)(=O)[O-])C1=O)NN1C(=O)CC(OS(=O)[O-])C1=O.[Cl-].[Cl-].[Na+].[Na+]. The van der Waals surface area contributed by atoms with Crippen LogP contribution < -0.4 is 100 Å². The van der Waals surface area contributed by atoms with Crippen molar-refractivity contribution in [3.63, 3.8) is 0 Å². The number of nitrogens with zero attached hydrogens (tertiary/aromatic N) is 2. The van der Waals surface area contributed by atoms with E-state index in [4.69, 9.17) is 20.3 Å². The molecule has 26 heteroatoms. The van der Waals surface area contributed by atoms with E-state index < -0.39 is 81.2 Å². The van der Waals surface area contributed by atoms with Crippen molar-refractivity contribution in [3.8, 4) is 0 Å². The number of hydrogen-bond acceptors (Lipinski definition) is 15. The van der Waals surface area contributed by atoms with Crippen molar-refractivity contribution < 1.29 is 164 Å². The molecule has 5 amide bonds. The van der Waals surface area contributed by atoms with E-state index in [2.05, 4.69) is 14.4 Å². The number of nitrogens with two attached hydrogens (primary N) is 2. The van der Waals surface area contributed by atoms with Crippen LogP contribution in [0, 0.1) is 0 Å². The first-order valence-corrected chi connectivity index (χ1v) is 17.2. The second-order valence-corrected chi connectivity index (χ2v) is 12.6. The fraction of sp³-hybridized carbons (Fsp3) is 0.692. The number of hydrazine groups is 1. The van der Waals surface area contributed by atoms with Crippen molar-refractivity contribution >= 4 is 68.8 Å². The molecule has 3 unspecified atom stereocenters. The second-order valence-electron chi connectivity index (χ2n) is 10.4. The number of rotatable bonds is 19. The van der Waals surface area contributed by atoms with Crippen molar-refractivity contribution in [1.82, 2.24) is 15.5 Å².